The van der Waals surface area contributed by atoms with Crippen molar-refractivity contribution in [3.63, 3.8) is 0 Å². The van der Waals surface area contributed by atoms with Crippen LogP contribution in [0.4, 0.5) is 13.2 Å². The summed E-state index contributed by atoms with van der Waals surface area (Å²) in [4.78, 5) is 0. The minimum atomic E-state index is -4.63. The number of rotatable bonds is 7. The lowest BCUT2D eigenvalue weighted by Crippen LogP contribution is -2.08. The molecular weight excluding hydrogens is 844 g/mol. The quantitative estimate of drug-likeness (QED) is 0.157. The smallest absolute Gasteiger partial charge is 0.309 e. The van der Waals surface area contributed by atoms with Crippen molar-refractivity contribution in [3.8, 4) is 73.1 Å². The van der Waals surface area contributed by atoms with Crippen molar-refractivity contribution in [3.05, 3.63) is 242 Å². The molecule has 12 aromatic rings. The zero-order valence-corrected chi connectivity index (χ0v) is 36.4. The molecule has 322 valence electrons. The van der Waals surface area contributed by atoms with Crippen molar-refractivity contribution in [2.24, 2.45) is 0 Å². The first-order valence-corrected chi connectivity index (χ1v) is 22.5. The molecule has 0 fully saturated rings. The number of nitrogens with zero attached hydrogens (tertiary/aromatic N) is 3. The first-order valence-electron chi connectivity index (χ1n) is 22.5. The minimum absolute atomic E-state index is 0.342. The molecule has 0 bridgehead atoms. The molecule has 0 N–H and O–H groups in total. The van der Waals surface area contributed by atoms with Gasteiger partial charge < -0.3 is 9.13 Å². The highest BCUT2D eigenvalue weighted by Crippen LogP contribution is 2.45. The van der Waals surface area contributed by atoms with E-state index in [9.17, 15) is 5.26 Å². The van der Waals surface area contributed by atoms with Crippen LogP contribution in [0.2, 0.25) is 0 Å². The van der Waals surface area contributed by atoms with Gasteiger partial charge in [0, 0.05) is 32.7 Å². The fraction of sp³-hybridized carbons (Fsp3) is 0.0161. The Hall–Kier alpha value is -8.92. The van der Waals surface area contributed by atoms with E-state index in [-0.39, 0.29) is 0 Å². The standard InChI is InChI=1S/C62H38F3N3/c63-62(64,65)49-26-27-50(61(38-49)68-59-31-24-47(43-17-9-3-10-18-43)36-54(59)55-37-48(25-32-60(55)68)44-19-11-4-12-20-44)51-33-40(39-66)21-28-56(51)67-57-29-22-45(41-13-5-1-6-14-41)34-52(57)53-35-46(23-30-58(53)67)42-15-7-2-8-16-42/h1-38H. The summed E-state index contributed by atoms with van der Waals surface area (Å²) in [5.41, 5.74) is 13.5. The van der Waals surface area contributed by atoms with E-state index in [1.54, 1.807) is 12.1 Å². The maximum absolute atomic E-state index is 15.1. The third kappa shape index (κ3) is 6.92. The second-order valence-corrected chi connectivity index (χ2v) is 17.1. The van der Waals surface area contributed by atoms with Crippen molar-refractivity contribution < 1.29 is 13.2 Å². The van der Waals surface area contributed by atoms with Gasteiger partial charge >= 0.3 is 6.18 Å². The second-order valence-electron chi connectivity index (χ2n) is 17.1. The Labute approximate surface area is 390 Å². The Morgan fingerprint density at radius 1 is 0.324 bits per heavy atom. The average molecular weight is 882 g/mol. The summed E-state index contributed by atoms with van der Waals surface area (Å²) >= 11 is 0. The number of fused-ring (bicyclic) bond motifs is 6. The number of halogens is 3. The Kier molecular flexibility index (Phi) is 9.67. The normalized spacial score (nSPS) is 11.7. The molecule has 0 amide bonds. The monoisotopic (exact) mass is 881 g/mol. The SMILES string of the molecule is N#Cc1ccc(-n2c3ccc(-c4ccccc4)cc3c3cc(-c4ccccc4)ccc32)c(-c2ccc(C(F)(F)F)cc2-n2c3ccc(-c4ccccc4)cc3c3cc(-c4ccccc4)ccc32)c1. The molecule has 0 saturated heterocycles. The van der Waals surface area contributed by atoms with Crippen LogP contribution >= 0.6 is 0 Å². The van der Waals surface area contributed by atoms with Gasteiger partial charge in [-0.3, -0.25) is 0 Å². The van der Waals surface area contributed by atoms with Crippen LogP contribution in [-0.4, -0.2) is 9.13 Å². The van der Waals surface area contributed by atoms with E-state index >= 15 is 13.2 Å². The fourth-order valence-electron chi connectivity index (χ4n) is 9.94. The topological polar surface area (TPSA) is 33.6 Å². The summed E-state index contributed by atoms with van der Waals surface area (Å²) in [5, 5.41) is 14.3. The van der Waals surface area contributed by atoms with Gasteiger partial charge in [-0.15, -0.1) is 0 Å². The Balaban J connectivity index is 1.15. The number of nitriles is 1. The summed E-state index contributed by atoms with van der Waals surface area (Å²) in [6.45, 7) is 0. The predicted octanol–water partition coefficient (Wildman–Crippen LogP) is 17.1. The van der Waals surface area contributed by atoms with Gasteiger partial charge in [0.1, 0.15) is 0 Å². The molecule has 10 aromatic carbocycles. The van der Waals surface area contributed by atoms with E-state index in [1.807, 2.05) is 114 Å². The summed E-state index contributed by atoms with van der Waals surface area (Å²) in [7, 11) is 0. The summed E-state index contributed by atoms with van der Waals surface area (Å²) < 4.78 is 49.4. The average Bonchev–Trinajstić information content (AvgIpc) is 3.90. The maximum Gasteiger partial charge on any atom is 0.416 e. The van der Waals surface area contributed by atoms with Gasteiger partial charge in [-0.1, -0.05) is 152 Å². The van der Waals surface area contributed by atoms with Crippen LogP contribution < -0.4 is 0 Å². The number of aromatic nitrogens is 2. The molecule has 12 rings (SSSR count). The molecule has 0 aliphatic rings. The molecule has 0 atom stereocenters. The number of alkyl halides is 3. The first-order chi connectivity index (χ1) is 33.3. The van der Waals surface area contributed by atoms with Crippen LogP contribution in [0.15, 0.2) is 231 Å². The van der Waals surface area contributed by atoms with E-state index in [1.165, 1.54) is 6.07 Å². The van der Waals surface area contributed by atoms with Gasteiger partial charge in [-0.05, 0) is 123 Å². The third-order valence-corrected chi connectivity index (χ3v) is 13.2. The zero-order valence-electron chi connectivity index (χ0n) is 36.4. The molecule has 0 aliphatic carbocycles. The highest BCUT2D eigenvalue weighted by atomic mass is 19.4. The lowest BCUT2D eigenvalue weighted by molar-refractivity contribution is -0.137. The van der Waals surface area contributed by atoms with Crippen LogP contribution in [0.1, 0.15) is 11.1 Å². The Bertz CT molecular complexity index is 3740. The molecular formula is C62H38F3N3. The van der Waals surface area contributed by atoms with Crippen molar-refractivity contribution in [1.82, 2.24) is 9.13 Å². The second kappa shape index (κ2) is 16.2. The lowest BCUT2D eigenvalue weighted by atomic mass is 9.97. The number of benzene rings is 10. The molecule has 0 aliphatic heterocycles. The van der Waals surface area contributed by atoms with Crippen LogP contribution in [0, 0.1) is 11.3 Å². The summed E-state index contributed by atoms with van der Waals surface area (Å²) in [6.07, 6.45) is -4.63. The van der Waals surface area contributed by atoms with E-state index in [0.29, 0.717) is 22.4 Å². The molecule has 2 aromatic heterocycles. The van der Waals surface area contributed by atoms with Gasteiger partial charge in [-0.25, -0.2) is 0 Å². The summed E-state index contributed by atoms with van der Waals surface area (Å²) in [6, 6.07) is 77.8. The van der Waals surface area contributed by atoms with Gasteiger partial charge in [0.25, 0.3) is 0 Å². The maximum atomic E-state index is 15.1. The third-order valence-electron chi connectivity index (χ3n) is 13.2. The molecule has 68 heavy (non-hydrogen) atoms. The fourth-order valence-corrected chi connectivity index (χ4v) is 9.94. The van der Waals surface area contributed by atoms with Crippen molar-refractivity contribution in [2.75, 3.05) is 0 Å². The van der Waals surface area contributed by atoms with Gasteiger partial charge in [0.15, 0.2) is 0 Å². The van der Waals surface area contributed by atoms with E-state index in [0.717, 1.165) is 99.9 Å². The highest BCUT2D eigenvalue weighted by Gasteiger charge is 2.32. The van der Waals surface area contributed by atoms with Crippen LogP contribution in [0.5, 0.6) is 0 Å². The largest absolute Gasteiger partial charge is 0.416 e. The molecule has 0 saturated carbocycles. The van der Waals surface area contributed by atoms with Crippen LogP contribution in [-0.2, 0) is 6.18 Å². The summed E-state index contributed by atoms with van der Waals surface area (Å²) in [5.74, 6) is 0. The molecule has 2 heterocycles. The minimum Gasteiger partial charge on any atom is -0.309 e. The van der Waals surface area contributed by atoms with Crippen LogP contribution in [0.25, 0.3) is 111 Å². The Morgan fingerprint density at radius 2 is 0.691 bits per heavy atom. The molecule has 0 radical (unpaired) electrons. The molecule has 3 nitrogen and oxygen atoms in total. The van der Waals surface area contributed by atoms with E-state index in [4.69, 9.17) is 0 Å². The van der Waals surface area contributed by atoms with Crippen LogP contribution in [0.3, 0.4) is 0 Å². The number of hydrogen-bond acceptors (Lipinski definition) is 1. The van der Waals surface area contributed by atoms with E-state index in [2.05, 4.69) is 108 Å². The van der Waals surface area contributed by atoms with Crippen molar-refractivity contribution >= 4 is 43.6 Å². The molecule has 6 heteroatoms. The Morgan fingerprint density at radius 3 is 1.04 bits per heavy atom. The van der Waals surface area contributed by atoms with Gasteiger partial charge in [-0.2, -0.15) is 18.4 Å². The van der Waals surface area contributed by atoms with E-state index < -0.39 is 11.7 Å². The van der Waals surface area contributed by atoms with Gasteiger partial charge in [0.2, 0.25) is 0 Å². The molecule has 0 unspecified atom stereocenters. The molecule has 0 spiro atoms. The highest BCUT2D eigenvalue weighted by molar-refractivity contribution is 6.14. The first kappa shape index (κ1) is 40.6. The predicted molar refractivity (Wildman–Crippen MR) is 272 cm³/mol. The zero-order chi connectivity index (χ0) is 45.9. The van der Waals surface area contributed by atoms with Crippen molar-refractivity contribution in [2.45, 2.75) is 6.18 Å². The van der Waals surface area contributed by atoms with Gasteiger partial charge in [0.05, 0.1) is 50.6 Å². The lowest BCUT2D eigenvalue weighted by Gasteiger charge is -2.20. The van der Waals surface area contributed by atoms with Crippen molar-refractivity contribution in [1.29, 1.82) is 5.26 Å². The number of hydrogen-bond donors (Lipinski definition) is 0.